The highest BCUT2D eigenvalue weighted by atomic mass is 16.5. The van der Waals surface area contributed by atoms with Crippen LogP contribution in [-0.2, 0) is 9.59 Å². The van der Waals surface area contributed by atoms with E-state index < -0.39 is 0 Å². The number of nitrogens with one attached hydrogen (secondary N) is 1. The Morgan fingerprint density at radius 2 is 1.85 bits per heavy atom. The number of carbonyl (C=O) groups excluding carboxylic acids is 2. The number of rotatable bonds is 5. The zero-order chi connectivity index (χ0) is 19.3. The Hall–Kier alpha value is -2.04. The lowest BCUT2D eigenvalue weighted by atomic mass is 9.69. The van der Waals surface area contributed by atoms with Gasteiger partial charge in [-0.2, -0.15) is 0 Å². The molecule has 2 amide bonds. The molecule has 0 saturated heterocycles. The minimum absolute atomic E-state index is 0.0446. The first-order valence-electron chi connectivity index (χ1n) is 9.39. The number of amides is 2. The van der Waals surface area contributed by atoms with Gasteiger partial charge in [-0.15, -0.1) is 0 Å². The van der Waals surface area contributed by atoms with Crippen LogP contribution in [0.15, 0.2) is 24.3 Å². The molecule has 1 N–H and O–H groups in total. The summed E-state index contributed by atoms with van der Waals surface area (Å²) in [6, 6.07) is 7.19. The van der Waals surface area contributed by atoms with Crippen LogP contribution in [0.2, 0.25) is 0 Å². The van der Waals surface area contributed by atoms with Gasteiger partial charge in [0.05, 0.1) is 13.7 Å². The maximum atomic E-state index is 12.7. The largest absolute Gasteiger partial charge is 0.497 e. The molecule has 1 aliphatic carbocycles. The Morgan fingerprint density at radius 1 is 1.19 bits per heavy atom. The summed E-state index contributed by atoms with van der Waals surface area (Å²) < 4.78 is 5.15. The molecule has 0 atom stereocenters. The van der Waals surface area contributed by atoms with Crippen molar-refractivity contribution in [2.24, 2.45) is 17.3 Å². The zero-order valence-electron chi connectivity index (χ0n) is 16.7. The number of anilines is 1. The van der Waals surface area contributed by atoms with Gasteiger partial charge in [-0.1, -0.05) is 26.8 Å². The summed E-state index contributed by atoms with van der Waals surface area (Å²) in [7, 11) is 3.30. The number of hydrogen-bond acceptors (Lipinski definition) is 3. The van der Waals surface area contributed by atoms with Crippen molar-refractivity contribution in [3.05, 3.63) is 24.3 Å². The summed E-state index contributed by atoms with van der Waals surface area (Å²) in [6.45, 7) is 6.88. The van der Waals surface area contributed by atoms with Crippen LogP contribution in [0.4, 0.5) is 5.69 Å². The van der Waals surface area contributed by atoms with Crippen molar-refractivity contribution in [1.82, 2.24) is 4.90 Å². The van der Waals surface area contributed by atoms with Gasteiger partial charge in [-0.05, 0) is 49.1 Å². The van der Waals surface area contributed by atoms with Gasteiger partial charge in [0.25, 0.3) is 0 Å². The number of carbonyl (C=O) groups is 2. The molecule has 1 saturated carbocycles. The van der Waals surface area contributed by atoms with E-state index in [0.717, 1.165) is 25.7 Å². The number of nitrogens with zero attached hydrogens (tertiary/aromatic N) is 1. The molecule has 144 valence electrons. The molecule has 0 radical (unpaired) electrons. The maximum Gasteiger partial charge on any atom is 0.243 e. The van der Waals surface area contributed by atoms with E-state index in [9.17, 15) is 9.59 Å². The SMILES string of the molecule is COc1cccc(NC(=O)CN(C)C(=O)C2CCC(C(C)(C)C)CC2)c1. The molecular weight excluding hydrogens is 328 g/mol. The Labute approximate surface area is 157 Å². The maximum absolute atomic E-state index is 12.7. The van der Waals surface area contributed by atoms with Gasteiger partial charge in [-0.25, -0.2) is 0 Å². The van der Waals surface area contributed by atoms with Gasteiger partial charge in [-0.3, -0.25) is 9.59 Å². The van der Waals surface area contributed by atoms with E-state index in [1.165, 1.54) is 0 Å². The topological polar surface area (TPSA) is 58.6 Å². The second kappa shape index (κ2) is 8.56. The number of likely N-dealkylation sites (N-methyl/N-ethyl adjacent to an activating group) is 1. The average molecular weight is 360 g/mol. The highest BCUT2D eigenvalue weighted by molar-refractivity contribution is 5.94. The Bertz CT molecular complexity index is 628. The lowest BCUT2D eigenvalue weighted by Gasteiger charge is -2.37. The normalized spacial score (nSPS) is 20.3. The number of ether oxygens (including phenoxy) is 1. The molecule has 0 bridgehead atoms. The van der Waals surface area contributed by atoms with Crippen molar-refractivity contribution in [2.75, 3.05) is 26.0 Å². The van der Waals surface area contributed by atoms with Gasteiger partial charge >= 0.3 is 0 Å². The van der Waals surface area contributed by atoms with Crippen LogP contribution in [0, 0.1) is 17.3 Å². The molecule has 1 fully saturated rings. The van der Waals surface area contributed by atoms with Crippen LogP contribution in [-0.4, -0.2) is 37.4 Å². The molecule has 0 aliphatic heterocycles. The van der Waals surface area contributed by atoms with Crippen LogP contribution in [0.25, 0.3) is 0 Å². The molecule has 0 spiro atoms. The smallest absolute Gasteiger partial charge is 0.243 e. The Balaban J connectivity index is 1.84. The molecule has 0 aromatic heterocycles. The molecule has 5 heteroatoms. The fourth-order valence-electron chi connectivity index (χ4n) is 3.71. The number of hydrogen-bond donors (Lipinski definition) is 1. The standard InChI is InChI=1S/C21H32N2O3/c1-21(2,3)16-11-9-15(10-12-16)20(25)23(4)14-19(24)22-17-7-6-8-18(13-17)26-5/h6-8,13,15-16H,9-12,14H2,1-5H3,(H,22,24). The van der Waals surface area contributed by atoms with Crippen LogP contribution in [0.1, 0.15) is 46.5 Å². The summed E-state index contributed by atoms with van der Waals surface area (Å²) >= 11 is 0. The summed E-state index contributed by atoms with van der Waals surface area (Å²) in [4.78, 5) is 26.5. The van der Waals surface area contributed by atoms with Crippen molar-refractivity contribution in [3.8, 4) is 5.75 Å². The second-order valence-electron chi connectivity index (χ2n) is 8.39. The molecular formula is C21H32N2O3. The summed E-state index contributed by atoms with van der Waals surface area (Å²) in [5, 5.41) is 2.82. The van der Waals surface area contributed by atoms with Crippen LogP contribution in [0.5, 0.6) is 5.75 Å². The fourth-order valence-corrected chi connectivity index (χ4v) is 3.71. The minimum atomic E-state index is -0.197. The first kappa shape index (κ1) is 20.3. The van der Waals surface area contributed by atoms with E-state index in [1.807, 2.05) is 12.1 Å². The van der Waals surface area contributed by atoms with E-state index in [1.54, 1.807) is 31.2 Å². The third-order valence-corrected chi connectivity index (χ3v) is 5.41. The monoisotopic (exact) mass is 360 g/mol. The highest BCUT2D eigenvalue weighted by Gasteiger charge is 2.33. The van der Waals surface area contributed by atoms with Gasteiger partial charge in [0, 0.05) is 24.7 Å². The third kappa shape index (κ3) is 5.48. The number of benzene rings is 1. The summed E-state index contributed by atoms with van der Waals surface area (Å²) in [6.07, 6.45) is 4.01. The fraction of sp³-hybridized carbons (Fsp3) is 0.619. The minimum Gasteiger partial charge on any atom is -0.497 e. The lowest BCUT2D eigenvalue weighted by molar-refractivity contribution is -0.138. The quantitative estimate of drug-likeness (QED) is 0.865. The van der Waals surface area contributed by atoms with Crippen molar-refractivity contribution in [1.29, 1.82) is 0 Å². The predicted molar refractivity (Wildman–Crippen MR) is 104 cm³/mol. The van der Waals surface area contributed by atoms with Gasteiger partial charge in [0.15, 0.2) is 0 Å². The van der Waals surface area contributed by atoms with Crippen LogP contribution in [0.3, 0.4) is 0 Å². The van der Waals surface area contributed by atoms with E-state index in [-0.39, 0.29) is 24.3 Å². The van der Waals surface area contributed by atoms with Gasteiger partial charge < -0.3 is 15.0 Å². The molecule has 1 aromatic rings. The molecule has 1 aliphatic rings. The molecule has 26 heavy (non-hydrogen) atoms. The van der Waals surface area contributed by atoms with Crippen molar-refractivity contribution in [3.63, 3.8) is 0 Å². The lowest BCUT2D eigenvalue weighted by Crippen LogP contribution is -2.40. The first-order valence-corrected chi connectivity index (χ1v) is 9.39. The predicted octanol–water partition coefficient (Wildman–Crippen LogP) is 3.94. The molecule has 2 rings (SSSR count). The van der Waals surface area contributed by atoms with Crippen LogP contribution < -0.4 is 10.1 Å². The Kier molecular flexibility index (Phi) is 6.68. The third-order valence-electron chi connectivity index (χ3n) is 5.41. The van der Waals surface area contributed by atoms with Crippen molar-refractivity contribution >= 4 is 17.5 Å². The van der Waals surface area contributed by atoms with Crippen molar-refractivity contribution in [2.45, 2.75) is 46.5 Å². The zero-order valence-corrected chi connectivity index (χ0v) is 16.7. The highest BCUT2D eigenvalue weighted by Crippen LogP contribution is 2.40. The van der Waals surface area contributed by atoms with Crippen molar-refractivity contribution < 1.29 is 14.3 Å². The first-order chi connectivity index (χ1) is 12.2. The van der Waals surface area contributed by atoms with E-state index in [2.05, 4.69) is 26.1 Å². The summed E-state index contributed by atoms with van der Waals surface area (Å²) in [5.74, 6) is 1.29. The Morgan fingerprint density at radius 3 is 2.42 bits per heavy atom. The van der Waals surface area contributed by atoms with E-state index in [0.29, 0.717) is 22.8 Å². The second-order valence-corrected chi connectivity index (χ2v) is 8.39. The molecule has 5 nitrogen and oxygen atoms in total. The van der Waals surface area contributed by atoms with Gasteiger partial charge in [0.2, 0.25) is 11.8 Å². The van der Waals surface area contributed by atoms with E-state index in [4.69, 9.17) is 4.74 Å². The van der Waals surface area contributed by atoms with Gasteiger partial charge in [0.1, 0.15) is 5.75 Å². The average Bonchev–Trinajstić information content (AvgIpc) is 2.60. The molecule has 0 heterocycles. The molecule has 0 unspecified atom stereocenters. The molecule has 1 aromatic carbocycles. The summed E-state index contributed by atoms with van der Waals surface area (Å²) in [5.41, 5.74) is 0.970. The van der Waals surface area contributed by atoms with E-state index >= 15 is 0 Å². The van der Waals surface area contributed by atoms with Crippen LogP contribution >= 0.6 is 0 Å². The number of methoxy groups -OCH3 is 1.